The first-order chi connectivity index (χ1) is 28.1. The summed E-state index contributed by atoms with van der Waals surface area (Å²) >= 11 is 0. The highest BCUT2D eigenvalue weighted by Gasteiger charge is 2.50. The molecule has 1 amide bonds. The van der Waals surface area contributed by atoms with Gasteiger partial charge in [0.1, 0.15) is 29.5 Å². The van der Waals surface area contributed by atoms with Crippen molar-refractivity contribution in [3.63, 3.8) is 0 Å². The minimum absolute atomic E-state index is 0.0361. The molecule has 0 aliphatic carbocycles. The molecule has 17 nitrogen and oxygen atoms in total. The van der Waals surface area contributed by atoms with E-state index in [1.54, 1.807) is 38.8 Å². The number of piperazine rings is 1. The molecule has 4 aliphatic heterocycles. The van der Waals surface area contributed by atoms with Gasteiger partial charge in [-0.15, -0.1) is 0 Å². The van der Waals surface area contributed by atoms with E-state index < -0.39 is 89.0 Å². The smallest absolute Gasteiger partial charge is 0.312 e. The Kier molecular flexibility index (Phi) is 13.9. The maximum absolute atomic E-state index is 14.4. The lowest BCUT2D eigenvalue weighted by Gasteiger charge is -2.37. The van der Waals surface area contributed by atoms with Gasteiger partial charge in [0, 0.05) is 81.4 Å². The Labute approximate surface area is 349 Å². The average Bonchev–Trinajstić information content (AvgIpc) is 3.46. The second-order valence-corrected chi connectivity index (χ2v) is 16.3. The number of aliphatic hydroxyl groups excluding tert-OH is 3. The molecule has 2 aromatic rings. The van der Waals surface area contributed by atoms with Crippen LogP contribution >= 0.6 is 0 Å². The molecule has 2 aromatic carbocycles. The number of fused-ring (bicyclic) bond motifs is 14. The Bertz CT molecular complexity index is 2120. The number of aromatic hydroxyl groups is 3. The number of allylic oxidation sites excluding steroid dienone is 2. The van der Waals surface area contributed by atoms with Crippen LogP contribution in [0.2, 0.25) is 0 Å². The number of phenolic OH excluding ortho intramolecular Hbond substituents is 3. The second-order valence-electron chi connectivity index (χ2n) is 16.3. The van der Waals surface area contributed by atoms with E-state index >= 15 is 0 Å². The lowest BCUT2D eigenvalue weighted by Crippen LogP contribution is -2.50. The maximum atomic E-state index is 14.4. The predicted molar refractivity (Wildman–Crippen MR) is 222 cm³/mol. The van der Waals surface area contributed by atoms with Crippen molar-refractivity contribution in [2.24, 2.45) is 22.9 Å². The summed E-state index contributed by atoms with van der Waals surface area (Å²) < 4.78 is 23.4. The Morgan fingerprint density at radius 3 is 2.22 bits per heavy atom. The Morgan fingerprint density at radius 2 is 1.60 bits per heavy atom. The molecule has 0 aromatic heterocycles. The summed E-state index contributed by atoms with van der Waals surface area (Å²) in [5.74, 6) is -8.54. The number of likely N-dealkylation sites (N-methyl/N-ethyl adjacent to an activating group) is 1. The molecule has 4 aliphatic rings. The summed E-state index contributed by atoms with van der Waals surface area (Å²) in [4.78, 5) is 42.7. The van der Waals surface area contributed by atoms with E-state index in [4.69, 9.17) is 18.9 Å². The number of carbonyl (C=O) groups is 3. The number of hydrogen-bond acceptors (Lipinski definition) is 16. The summed E-state index contributed by atoms with van der Waals surface area (Å²) in [5, 5.41) is 77.7. The molecule has 0 radical (unpaired) electrons. The zero-order chi connectivity index (χ0) is 44.5. The normalized spacial score (nSPS) is 32.2. The quantitative estimate of drug-likeness (QED) is 0.101. The molecule has 9 atom stereocenters. The van der Waals surface area contributed by atoms with Crippen molar-refractivity contribution < 1.29 is 64.0 Å². The van der Waals surface area contributed by atoms with E-state index in [1.807, 2.05) is 7.05 Å². The molecule has 4 heterocycles. The Balaban J connectivity index is 1.72. The number of carbonyl (C=O) groups excluding carboxylic acids is 3. The van der Waals surface area contributed by atoms with Gasteiger partial charge in [-0.1, -0.05) is 38.5 Å². The minimum Gasteiger partial charge on any atom is -0.507 e. The van der Waals surface area contributed by atoms with Gasteiger partial charge >= 0.3 is 11.8 Å². The molecular formula is C43H58N4O13. The maximum Gasteiger partial charge on any atom is 0.312 e. The van der Waals surface area contributed by atoms with Gasteiger partial charge in [0.05, 0.1) is 53.0 Å². The molecule has 1 saturated heterocycles. The number of aliphatic hydroxyl groups is 3. The lowest BCUT2D eigenvalue weighted by molar-refractivity contribution is -0.165. The van der Waals surface area contributed by atoms with Crippen LogP contribution in [-0.4, -0.2) is 141 Å². The highest BCUT2D eigenvalue weighted by atomic mass is 16.7. The van der Waals surface area contributed by atoms with E-state index in [-0.39, 0.29) is 44.5 Å². The van der Waals surface area contributed by atoms with Crippen LogP contribution in [0.1, 0.15) is 70.0 Å². The van der Waals surface area contributed by atoms with Crippen molar-refractivity contribution in [3.05, 3.63) is 52.3 Å². The number of ketones is 1. The summed E-state index contributed by atoms with van der Waals surface area (Å²) in [6.07, 6.45) is 0.229. The van der Waals surface area contributed by atoms with Gasteiger partial charge in [0.2, 0.25) is 0 Å². The van der Waals surface area contributed by atoms with Gasteiger partial charge in [0.25, 0.3) is 11.7 Å². The van der Waals surface area contributed by atoms with Gasteiger partial charge in [-0.05, 0) is 33.9 Å². The fourth-order valence-corrected chi connectivity index (χ4v) is 7.99. The Morgan fingerprint density at radius 1 is 0.950 bits per heavy atom. The third kappa shape index (κ3) is 8.95. The topological polar surface area (TPSA) is 240 Å². The molecule has 0 unspecified atom stereocenters. The van der Waals surface area contributed by atoms with Crippen molar-refractivity contribution in [2.45, 2.75) is 91.7 Å². The number of amides is 1. The SMILES string of the molecule is CO[C@H]1/C=C/O[C@@]2(C)Oc3c(C)c(O)c4c(O)c(c(/C=N/N5CCN(C)CC5)c(O)c4c3C2=O)NC(=O)/C(C)=C/C(C)=C/[C@H](C)[C@H](O)[C@@H](O)[C@@H](O)[C@@H](C)[C@H](OC(C)=O)[C@@H]1C. The van der Waals surface area contributed by atoms with Crippen LogP contribution < -0.4 is 10.1 Å². The summed E-state index contributed by atoms with van der Waals surface area (Å²) in [7, 11) is 3.36. The third-order valence-corrected chi connectivity index (χ3v) is 11.7. The fraction of sp³-hybridized carbons (Fsp3) is 0.535. The monoisotopic (exact) mass is 838 g/mol. The minimum atomic E-state index is -2.08. The van der Waals surface area contributed by atoms with Gasteiger partial charge < -0.3 is 59.8 Å². The van der Waals surface area contributed by atoms with Crippen LogP contribution in [0.25, 0.3) is 10.8 Å². The molecule has 1 fully saturated rings. The summed E-state index contributed by atoms with van der Waals surface area (Å²) in [6, 6.07) is 0. The van der Waals surface area contributed by atoms with Crippen molar-refractivity contribution in [1.29, 1.82) is 0 Å². The van der Waals surface area contributed by atoms with E-state index in [9.17, 15) is 45.0 Å². The highest BCUT2D eigenvalue weighted by molar-refractivity contribution is 6.23. The second kappa shape index (κ2) is 18.2. The predicted octanol–water partition coefficient (Wildman–Crippen LogP) is 3.45. The summed E-state index contributed by atoms with van der Waals surface area (Å²) in [6.45, 7) is 14.5. The van der Waals surface area contributed by atoms with E-state index in [1.165, 1.54) is 53.2 Å². The van der Waals surface area contributed by atoms with Crippen LogP contribution in [-0.2, 0) is 23.8 Å². The van der Waals surface area contributed by atoms with E-state index in [0.717, 1.165) is 6.26 Å². The number of hydrogen-bond donors (Lipinski definition) is 7. The number of ether oxygens (including phenoxy) is 4. The molecule has 0 saturated carbocycles. The van der Waals surface area contributed by atoms with Gasteiger partial charge in [-0.25, -0.2) is 0 Å². The number of esters is 1. The first kappa shape index (κ1) is 45.9. The van der Waals surface area contributed by atoms with Crippen molar-refractivity contribution in [3.8, 4) is 23.0 Å². The first-order valence-electron chi connectivity index (χ1n) is 19.9. The summed E-state index contributed by atoms with van der Waals surface area (Å²) in [5.41, 5.74) is -0.00108. The van der Waals surface area contributed by atoms with Gasteiger partial charge in [-0.3, -0.25) is 19.4 Å². The number of hydrazone groups is 1. The number of methoxy groups -OCH3 is 1. The van der Waals surface area contributed by atoms with Crippen LogP contribution in [0.15, 0.2) is 40.7 Å². The number of anilines is 1. The van der Waals surface area contributed by atoms with Crippen LogP contribution in [0.3, 0.4) is 0 Å². The van der Waals surface area contributed by atoms with Crippen LogP contribution in [0.4, 0.5) is 5.69 Å². The number of rotatable bonds is 4. The highest BCUT2D eigenvalue weighted by Crippen LogP contribution is 2.55. The number of nitrogens with one attached hydrogen (secondary N) is 1. The lowest BCUT2D eigenvalue weighted by atomic mass is 9.81. The molecule has 17 heteroatoms. The van der Waals surface area contributed by atoms with Gasteiger partial charge in [-0.2, -0.15) is 5.10 Å². The number of benzene rings is 2. The standard InChI is InChI=1S/C43H58N4O13/c1-20-17-21(2)33(49)38(54)35(51)25(6)39(59-26(7)48)23(4)28(57-10)11-16-58-43(8)41(55)31-29-30(34(50)24(5)40(31)60-43)37(53)32(45-42(56)22(3)18-20)27(36(29)52)19-44-47-14-12-46(9)13-15-47/h11,16-19,21,23,25,28,33,35,38-39,49-54H,12-15H2,1-10H3,(H,45,56)/b16-11+,20-17+,22-18+,44-19+/t21-,23+,25+,28-,33-,35-,38+,39+,43-/m0/s1. The third-order valence-electron chi connectivity index (χ3n) is 11.7. The van der Waals surface area contributed by atoms with E-state index in [0.29, 0.717) is 31.8 Å². The Hall–Kier alpha value is -5.20. The number of phenols is 3. The first-order valence-corrected chi connectivity index (χ1v) is 19.9. The van der Waals surface area contributed by atoms with Crippen molar-refractivity contribution in [1.82, 2.24) is 9.91 Å². The average molecular weight is 839 g/mol. The van der Waals surface area contributed by atoms with Crippen molar-refractivity contribution in [2.75, 3.05) is 45.7 Å². The van der Waals surface area contributed by atoms with Crippen LogP contribution in [0, 0.1) is 24.7 Å². The van der Waals surface area contributed by atoms with Crippen LogP contribution in [0.5, 0.6) is 23.0 Å². The zero-order valence-corrected chi connectivity index (χ0v) is 35.7. The molecule has 328 valence electrons. The van der Waals surface area contributed by atoms with Crippen molar-refractivity contribution >= 4 is 40.3 Å². The van der Waals surface area contributed by atoms with E-state index in [2.05, 4.69) is 15.3 Å². The number of Topliss-reactive ketones (excluding diaryl/α,β-unsaturated/α-hetero) is 1. The fourth-order valence-electron chi connectivity index (χ4n) is 7.99. The largest absolute Gasteiger partial charge is 0.507 e. The molecule has 7 N–H and O–H groups in total. The zero-order valence-electron chi connectivity index (χ0n) is 35.7. The molecule has 5 bridgehead atoms. The molecular weight excluding hydrogens is 780 g/mol. The molecule has 60 heavy (non-hydrogen) atoms. The number of nitrogens with zero attached hydrogens (tertiary/aromatic N) is 3. The molecule has 0 spiro atoms. The molecule has 6 rings (SSSR count). The van der Waals surface area contributed by atoms with Gasteiger partial charge in [0.15, 0.2) is 5.75 Å².